The van der Waals surface area contributed by atoms with Crippen LogP contribution in [0.1, 0.15) is 12.8 Å². The zero-order chi connectivity index (χ0) is 15.6. The number of aliphatic hydroxyl groups is 1. The minimum absolute atomic E-state index is 0.0754. The quantitative estimate of drug-likeness (QED) is 0.940. The lowest BCUT2D eigenvalue weighted by Crippen LogP contribution is -2.37. The van der Waals surface area contributed by atoms with Gasteiger partial charge < -0.3 is 14.4 Å². The molecule has 0 saturated carbocycles. The topological polar surface area (TPSA) is 47.3 Å². The van der Waals surface area contributed by atoms with Gasteiger partial charge in [0.1, 0.15) is 11.6 Å². The number of halogens is 2. The van der Waals surface area contributed by atoms with Gasteiger partial charge in [-0.15, -0.1) is 0 Å². The number of aromatic nitrogens is 2. The van der Waals surface area contributed by atoms with Crippen LogP contribution in [0.2, 0.25) is 5.02 Å². The van der Waals surface area contributed by atoms with E-state index in [9.17, 15) is 9.50 Å². The van der Waals surface area contributed by atoms with Crippen molar-refractivity contribution < 1.29 is 14.2 Å². The Morgan fingerprint density at radius 3 is 2.86 bits per heavy atom. The fourth-order valence-corrected chi connectivity index (χ4v) is 3.05. The van der Waals surface area contributed by atoms with E-state index >= 15 is 0 Å². The van der Waals surface area contributed by atoms with Gasteiger partial charge in [0.2, 0.25) is 0 Å². The molecule has 1 fully saturated rings. The molecule has 1 N–H and O–H groups in total. The zero-order valence-electron chi connectivity index (χ0n) is 12.1. The molecule has 1 saturated heterocycles. The third-order valence-corrected chi connectivity index (χ3v) is 4.51. The first-order valence-electron chi connectivity index (χ1n) is 7.29. The predicted octanol–water partition coefficient (Wildman–Crippen LogP) is 3.13. The van der Waals surface area contributed by atoms with Crippen molar-refractivity contribution in [2.45, 2.75) is 19.4 Å². The van der Waals surface area contributed by atoms with Crippen LogP contribution in [0, 0.1) is 11.2 Å². The van der Waals surface area contributed by atoms with Crippen molar-refractivity contribution >= 4 is 11.6 Å². The zero-order valence-corrected chi connectivity index (χ0v) is 12.9. The molecule has 0 amide bonds. The molecule has 0 atom stereocenters. The van der Waals surface area contributed by atoms with Crippen LogP contribution in [0.3, 0.4) is 0 Å². The van der Waals surface area contributed by atoms with E-state index in [0.29, 0.717) is 36.2 Å². The van der Waals surface area contributed by atoms with Gasteiger partial charge in [-0.2, -0.15) is 0 Å². The van der Waals surface area contributed by atoms with Crippen LogP contribution in [0.25, 0.3) is 11.4 Å². The van der Waals surface area contributed by atoms with Crippen LogP contribution in [0.15, 0.2) is 30.6 Å². The maximum Gasteiger partial charge on any atom is 0.142 e. The molecule has 2 heterocycles. The van der Waals surface area contributed by atoms with E-state index in [2.05, 4.69) is 4.98 Å². The molecule has 3 rings (SSSR count). The molecular formula is C16H18ClFN2O2. The summed E-state index contributed by atoms with van der Waals surface area (Å²) in [7, 11) is 0. The number of rotatable bonds is 4. The summed E-state index contributed by atoms with van der Waals surface area (Å²) < 4.78 is 21.4. The second kappa shape index (κ2) is 6.36. The summed E-state index contributed by atoms with van der Waals surface area (Å²) in [6, 6.07) is 4.43. The molecule has 1 aliphatic heterocycles. The Labute approximate surface area is 133 Å². The molecule has 4 nitrogen and oxygen atoms in total. The van der Waals surface area contributed by atoms with Crippen LogP contribution < -0.4 is 0 Å². The maximum atomic E-state index is 14.1. The van der Waals surface area contributed by atoms with E-state index in [1.807, 2.05) is 10.8 Å². The van der Waals surface area contributed by atoms with Crippen LogP contribution in [-0.2, 0) is 11.3 Å². The van der Waals surface area contributed by atoms with Crippen molar-refractivity contribution in [3.63, 3.8) is 0 Å². The molecule has 0 bridgehead atoms. The molecule has 118 valence electrons. The number of nitrogens with zero attached hydrogens (tertiary/aromatic N) is 2. The minimum atomic E-state index is -0.359. The summed E-state index contributed by atoms with van der Waals surface area (Å²) in [5.41, 5.74) is 0.126. The SMILES string of the molecule is OCC1(Cn2ccnc2-c2cc(Cl)ccc2F)CCOCC1. The third-order valence-electron chi connectivity index (χ3n) is 4.28. The fourth-order valence-electron chi connectivity index (χ4n) is 2.88. The number of aliphatic hydroxyl groups excluding tert-OH is 1. The molecule has 1 aromatic heterocycles. The standard InChI is InChI=1S/C16H18ClFN2O2/c17-12-1-2-14(18)13(9-12)15-19-5-6-20(15)10-16(11-21)3-7-22-8-4-16/h1-2,5-6,9,21H,3-4,7-8,10-11H2. The largest absolute Gasteiger partial charge is 0.396 e. The Bertz CT molecular complexity index is 653. The van der Waals surface area contributed by atoms with Crippen molar-refractivity contribution in [2.75, 3.05) is 19.8 Å². The summed E-state index contributed by atoms with van der Waals surface area (Å²) in [6.45, 7) is 1.92. The average Bonchev–Trinajstić information content (AvgIpc) is 2.98. The van der Waals surface area contributed by atoms with E-state index in [1.165, 1.54) is 12.1 Å². The van der Waals surface area contributed by atoms with E-state index < -0.39 is 0 Å². The molecular weight excluding hydrogens is 307 g/mol. The Balaban J connectivity index is 1.93. The van der Waals surface area contributed by atoms with Gasteiger partial charge in [0.25, 0.3) is 0 Å². The second-order valence-electron chi connectivity index (χ2n) is 5.77. The van der Waals surface area contributed by atoms with Crippen molar-refractivity contribution in [2.24, 2.45) is 5.41 Å². The van der Waals surface area contributed by atoms with Crippen molar-refractivity contribution in [3.05, 3.63) is 41.4 Å². The molecule has 6 heteroatoms. The highest BCUT2D eigenvalue weighted by Gasteiger charge is 2.33. The summed E-state index contributed by atoms with van der Waals surface area (Å²) in [4.78, 5) is 4.27. The summed E-state index contributed by atoms with van der Waals surface area (Å²) in [5.74, 6) is 0.168. The molecule has 0 spiro atoms. The Morgan fingerprint density at radius 2 is 2.14 bits per heavy atom. The van der Waals surface area contributed by atoms with Gasteiger partial charge in [0.05, 0.1) is 12.2 Å². The number of imidazole rings is 1. The molecule has 0 aliphatic carbocycles. The van der Waals surface area contributed by atoms with Crippen molar-refractivity contribution in [3.8, 4) is 11.4 Å². The molecule has 1 aliphatic rings. The normalized spacial score (nSPS) is 17.6. The van der Waals surface area contributed by atoms with E-state index in [0.717, 1.165) is 12.8 Å². The molecule has 2 aromatic rings. The van der Waals surface area contributed by atoms with E-state index in [4.69, 9.17) is 16.3 Å². The number of benzene rings is 1. The van der Waals surface area contributed by atoms with Gasteiger partial charge in [-0.3, -0.25) is 0 Å². The Kier molecular flexibility index (Phi) is 4.47. The molecule has 22 heavy (non-hydrogen) atoms. The summed E-state index contributed by atoms with van der Waals surface area (Å²) in [5, 5.41) is 10.3. The van der Waals surface area contributed by atoms with Gasteiger partial charge in [-0.1, -0.05) is 11.6 Å². The third kappa shape index (κ3) is 3.02. The van der Waals surface area contributed by atoms with Gasteiger partial charge in [0.15, 0.2) is 0 Å². The number of hydrogen-bond acceptors (Lipinski definition) is 3. The van der Waals surface area contributed by atoms with Crippen LogP contribution in [-0.4, -0.2) is 34.5 Å². The van der Waals surface area contributed by atoms with Gasteiger partial charge in [-0.25, -0.2) is 9.37 Å². The maximum absolute atomic E-state index is 14.1. The Hall–Kier alpha value is -1.43. The Morgan fingerprint density at radius 1 is 1.36 bits per heavy atom. The first-order chi connectivity index (χ1) is 10.6. The monoisotopic (exact) mass is 324 g/mol. The summed E-state index contributed by atoms with van der Waals surface area (Å²) in [6.07, 6.45) is 5.00. The smallest absolute Gasteiger partial charge is 0.142 e. The van der Waals surface area contributed by atoms with Crippen molar-refractivity contribution in [1.82, 2.24) is 9.55 Å². The number of ether oxygens (including phenoxy) is 1. The second-order valence-corrected chi connectivity index (χ2v) is 6.21. The minimum Gasteiger partial charge on any atom is -0.396 e. The first kappa shape index (κ1) is 15.5. The average molecular weight is 325 g/mol. The lowest BCUT2D eigenvalue weighted by molar-refractivity contribution is -0.0250. The van der Waals surface area contributed by atoms with E-state index in [1.54, 1.807) is 12.3 Å². The molecule has 1 aromatic carbocycles. The van der Waals surface area contributed by atoms with Gasteiger partial charge in [-0.05, 0) is 31.0 Å². The van der Waals surface area contributed by atoms with Crippen LogP contribution >= 0.6 is 11.6 Å². The summed E-state index contributed by atoms with van der Waals surface area (Å²) >= 11 is 5.97. The highest BCUT2D eigenvalue weighted by Crippen LogP contribution is 2.34. The highest BCUT2D eigenvalue weighted by molar-refractivity contribution is 6.30. The van der Waals surface area contributed by atoms with Crippen molar-refractivity contribution in [1.29, 1.82) is 0 Å². The van der Waals surface area contributed by atoms with Crippen LogP contribution in [0.4, 0.5) is 4.39 Å². The van der Waals surface area contributed by atoms with E-state index in [-0.39, 0.29) is 17.8 Å². The first-order valence-corrected chi connectivity index (χ1v) is 7.66. The number of hydrogen-bond donors (Lipinski definition) is 1. The predicted molar refractivity (Wildman–Crippen MR) is 82.2 cm³/mol. The van der Waals surface area contributed by atoms with Gasteiger partial charge >= 0.3 is 0 Å². The molecule has 0 unspecified atom stereocenters. The van der Waals surface area contributed by atoms with Crippen LogP contribution in [0.5, 0.6) is 0 Å². The fraction of sp³-hybridized carbons (Fsp3) is 0.438. The lowest BCUT2D eigenvalue weighted by Gasteiger charge is -2.36. The molecule has 0 radical (unpaired) electrons. The highest BCUT2D eigenvalue weighted by atomic mass is 35.5. The lowest BCUT2D eigenvalue weighted by atomic mass is 9.81. The van der Waals surface area contributed by atoms with Gasteiger partial charge in [0, 0.05) is 42.6 Å².